The van der Waals surface area contributed by atoms with Crippen LogP contribution in [-0.4, -0.2) is 39.1 Å². The first-order chi connectivity index (χ1) is 12.9. The van der Waals surface area contributed by atoms with Gasteiger partial charge in [0.15, 0.2) is 17.4 Å². The van der Waals surface area contributed by atoms with Gasteiger partial charge in [0.05, 0.1) is 7.11 Å². The topological polar surface area (TPSA) is 105 Å². The summed E-state index contributed by atoms with van der Waals surface area (Å²) in [5.74, 6) is -0.280. The Kier molecular flexibility index (Phi) is 5.26. The summed E-state index contributed by atoms with van der Waals surface area (Å²) in [6.45, 7) is 1.65. The Balaban J connectivity index is 2.06. The third-order valence-electron chi connectivity index (χ3n) is 3.54. The van der Waals surface area contributed by atoms with Crippen LogP contribution in [0, 0.1) is 12.7 Å². The van der Waals surface area contributed by atoms with Crippen LogP contribution in [-0.2, 0) is 4.74 Å². The molecule has 0 aliphatic heterocycles. The van der Waals surface area contributed by atoms with Crippen molar-refractivity contribution in [2.24, 2.45) is 0 Å². The molecule has 2 N–H and O–H groups in total. The molecule has 0 bridgehead atoms. The number of nitrogens with two attached hydrogens (primary N) is 1. The average molecular weight is 389 g/mol. The number of aromatic nitrogens is 4. The fourth-order valence-electron chi connectivity index (χ4n) is 2.35. The molecule has 3 rings (SSSR count). The molecular weight excluding hydrogens is 373 g/mol. The fraction of sp³-hybridized carbons (Fsp3) is 0.176. The van der Waals surface area contributed by atoms with Gasteiger partial charge < -0.3 is 15.2 Å². The van der Waals surface area contributed by atoms with Crippen LogP contribution in [0.25, 0.3) is 5.82 Å². The number of nitrogens with zero attached hydrogens (tertiary/aromatic N) is 4. The molecule has 8 nitrogen and oxygen atoms in total. The lowest BCUT2D eigenvalue weighted by Gasteiger charge is -2.09. The lowest BCUT2D eigenvalue weighted by Crippen LogP contribution is -2.09. The van der Waals surface area contributed by atoms with Crippen molar-refractivity contribution in [2.45, 2.75) is 11.9 Å². The van der Waals surface area contributed by atoms with E-state index in [0.29, 0.717) is 10.9 Å². The minimum absolute atomic E-state index is 0.0232. The normalized spacial score (nSPS) is 10.7. The number of esters is 1. The Labute approximate surface area is 158 Å². The third-order valence-corrected chi connectivity index (χ3v) is 4.21. The van der Waals surface area contributed by atoms with E-state index in [4.69, 9.17) is 15.2 Å². The van der Waals surface area contributed by atoms with Crippen molar-refractivity contribution < 1.29 is 18.7 Å². The molecule has 0 atom stereocenters. The van der Waals surface area contributed by atoms with E-state index in [9.17, 15) is 9.18 Å². The maximum atomic E-state index is 13.8. The molecular formula is C17H16FN5O3S. The number of aryl methyl sites for hydroxylation is 1. The summed E-state index contributed by atoms with van der Waals surface area (Å²) < 4.78 is 25.4. The Morgan fingerprint density at radius 2 is 2.04 bits per heavy atom. The zero-order valence-corrected chi connectivity index (χ0v) is 15.6. The summed E-state index contributed by atoms with van der Waals surface area (Å²) in [5, 5.41) is 4.70. The molecule has 0 saturated carbocycles. The highest BCUT2D eigenvalue weighted by molar-refractivity contribution is 7.98. The minimum atomic E-state index is -0.600. The quantitative estimate of drug-likeness (QED) is 0.524. The number of nitrogen functional groups attached to an aromatic ring is 1. The van der Waals surface area contributed by atoms with Gasteiger partial charge in [0.25, 0.3) is 0 Å². The predicted octanol–water partition coefficient (Wildman–Crippen LogP) is 2.99. The number of hydrogen-bond acceptors (Lipinski definition) is 8. The summed E-state index contributed by atoms with van der Waals surface area (Å²) in [6, 6.07) is 7.42. The maximum absolute atomic E-state index is 13.8. The van der Waals surface area contributed by atoms with Crippen LogP contribution in [0.4, 0.5) is 10.2 Å². The summed E-state index contributed by atoms with van der Waals surface area (Å²) >= 11 is 1.24. The maximum Gasteiger partial charge on any atom is 0.344 e. The van der Waals surface area contributed by atoms with E-state index in [0.717, 1.165) is 0 Å². The number of para-hydroxylation sites is 1. The average Bonchev–Trinajstić information content (AvgIpc) is 2.99. The van der Waals surface area contributed by atoms with Gasteiger partial charge >= 0.3 is 5.97 Å². The Morgan fingerprint density at radius 3 is 2.70 bits per heavy atom. The number of ether oxygens (including phenoxy) is 2. The van der Waals surface area contributed by atoms with Crippen molar-refractivity contribution in [2.75, 3.05) is 19.1 Å². The zero-order valence-electron chi connectivity index (χ0n) is 14.8. The first-order valence-corrected chi connectivity index (χ1v) is 8.96. The highest BCUT2D eigenvalue weighted by Gasteiger charge is 2.24. The SMILES string of the molecule is COC(=O)c1c(SC)nn(-c2cc(Oc3ccccc3F)nc(C)n2)c1N. The van der Waals surface area contributed by atoms with E-state index >= 15 is 0 Å². The first kappa shape index (κ1) is 18.6. The van der Waals surface area contributed by atoms with Crippen LogP contribution in [0.15, 0.2) is 35.4 Å². The van der Waals surface area contributed by atoms with Crippen LogP contribution in [0.1, 0.15) is 16.2 Å². The van der Waals surface area contributed by atoms with Crippen LogP contribution in [0.5, 0.6) is 11.6 Å². The highest BCUT2D eigenvalue weighted by atomic mass is 32.2. The number of anilines is 1. The number of benzene rings is 1. The Hall–Kier alpha value is -3.14. The molecule has 0 spiro atoms. The Bertz CT molecular complexity index is 1010. The number of thioether (sulfide) groups is 1. The molecule has 10 heteroatoms. The molecule has 0 unspecified atom stereocenters. The molecule has 0 radical (unpaired) electrons. The molecule has 0 amide bonds. The van der Waals surface area contributed by atoms with Crippen LogP contribution in [0.3, 0.4) is 0 Å². The summed E-state index contributed by atoms with van der Waals surface area (Å²) in [7, 11) is 1.26. The standard InChI is InChI=1S/C17H16FN5O3S/c1-9-20-12(8-13(21-9)26-11-7-5-4-6-10(11)18)23-15(19)14(17(24)25-2)16(22-23)27-3/h4-8H,19H2,1-3H3. The highest BCUT2D eigenvalue weighted by Crippen LogP contribution is 2.29. The number of rotatable bonds is 5. The van der Waals surface area contributed by atoms with E-state index in [1.165, 1.54) is 41.8 Å². The van der Waals surface area contributed by atoms with Gasteiger partial charge in [0.1, 0.15) is 22.2 Å². The van der Waals surface area contributed by atoms with Crippen LogP contribution < -0.4 is 10.5 Å². The second-order valence-electron chi connectivity index (χ2n) is 5.32. The number of carbonyl (C=O) groups excluding carboxylic acids is 1. The second-order valence-corrected chi connectivity index (χ2v) is 6.11. The number of hydrogen-bond donors (Lipinski definition) is 1. The summed E-state index contributed by atoms with van der Waals surface area (Å²) in [4.78, 5) is 20.4. The predicted molar refractivity (Wildman–Crippen MR) is 97.9 cm³/mol. The van der Waals surface area contributed by atoms with Gasteiger partial charge in [-0.3, -0.25) is 0 Å². The van der Waals surface area contributed by atoms with Crippen molar-refractivity contribution >= 4 is 23.5 Å². The largest absolute Gasteiger partial charge is 0.465 e. The van der Waals surface area contributed by atoms with E-state index < -0.39 is 11.8 Å². The minimum Gasteiger partial charge on any atom is -0.465 e. The van der Waals surface area contributed by atoms with E-state index in [1.807, 2.05) is 0 Å². The molecule has 0 saturated heterocycles. The lowest BCUT2D eigenvalue weighted by molar-refractivity contribution is 0.0598. The molecule has 3 aromatic rings. The Morgan fingerprint density at radius 1 is 1.30 bits per heavy atom. The monoisotopic (exact) mass is 389 g/mol. The van der Waals surface area contributed by atoms with E-state index in [-0.39, 0.29) is 28.8 Å². The van der Waals surface area contributed by atoms with Crippen molar-refractivity contribution in [1.29, 1.82) is 0 Å². The van der Waals surface area contributed by atoms with Gasteiger partial charge in [0, 0.05) is 6.07 Å². The summed E-state index contributed by atoms with van der Waals surface area (Å²) in [5.41, 5.74) is 6.24. The third kappa shape index (κ3) is 3.70. The molecule has 0 fully saturated rings. The lowest BCUT2D eigenvalue weighted by atomic mass is 10.3. The fourth-order valence-corrected chi connectivity index (χ4v) is 2.90. The van der Waals surface area contributed by atoms with Gasteiger partial charge in [-0.15, -0.1) is 11.8 Å². The smallest absolute Gasteiger partial charge is 0.344 e. The molecule has 2 heterocycles. The molecule has 0 aliphatic carbocycles. The molecule has 2 aromatic heterocycles. The second kappa shape index (κ2) is 7.62. The zero-order chi connectivity index (χ0) is 19.6. The molecule has 140 valence electrons. The van der Waals surface area contributed by atoms with Crippen molar-refractivity contribution in [3.05, 3.63) is 47.5 Å². The van der Waals surface area contributed by atoms with Crippen molar-refractivity contribution in [3.8, 4) is 17.4 Å². The van der Waals surface area contributed by atoms with Gasteiger partial charge in [-0.1, -0.05) is 12.1 Å². The number of halogens is 1. The van der Waals surface area contributed by atoms with Gasteiger partial charge in [0.2, 0.25) is 5.88 Å². The molecule has 1 aromatic carbocycles. The van der Waals surface area contributed by atoms with Crippen molar-refractivity contribution in [3.63, 3.8) is 0 Å². The van der Waals surface area contributed by atoms with E-state index in [1.54, 1.807) is 25.3 Å². The van der Waals surface area contributed by atoms with E-state index in [2.05, 4.69) is 15.1 Å². The van der Waals surface area contributed by atoms with Gasteiger partial charge in [-0.2, -0.15) is 14.8 Å². The number of methoxy groups -OCH3 is 1. The van der Waals surface area contributed by atoms with Gasteiger partial charge in [-0.25, -0.2) is 14.2 Å². The molecule has 0 aliphatic rings. The van der Waals surface area contributed by atoms with Crippen molar-refractivity contribution in [1.82, 2.24) is 19.7 Å². The number of carbonyl (C=O) groups is 1. The molecule has 27 heavy (non-hydrogen) atoms. The van der Waals surface area contributed by atoms with Crippen LogP contribution in [0.2, 0.25) is 0 Å². The summed E-state index contributed by atoms with van der Waals surface area (Å²) in [6.07, 6.45) is 1.76. The van der Waals surface area contributed by atoms with Crippen LogP contribution >= 0.6 is 11.8 Å². The van der Waals surface area contributed by atoms with Gasteiger partial charge in [-0.05, 0) is 25.3 Å². The first-order valence-electron chi connectivity index (χ1n) is 7.73.